The van der Waals surface area contributed by atoms with Crippen molar-refractivity contribution in [3.63, 3.8) is 0 Å². The van der Waals surface area contributed by atoms with E-state index < -0.39 is 0 Å². The number of amides is 1. The lowest BCUT2D eigenvalue weighted by Gasteiger charge is -2.07. The number of para-hydroxylation sites is 2. The molecule has 0 spiro atoms. The van der Waals surface area contributed by atoms with Gasteiger partial charge in [-0.05, 0) is 24.1 Å². The summed E-state index contributed by atoms with van der Waals surface area (Å²) < 4.78 is 0. The van der Waals surface area contributed by atoms with Gasteiger partial charge in [-0.3, -0.25) is 4.79 Å². The van der Waals surface area contributed by atoms with Crippen molar-refractivity contribution in [2.45, 2.75) is 6.42 Å². The molecule has 0 saturated heterocycles. The highest BCUT2D eigenvalue weighted by Crippen LogP contribution is 2.16. The summed E-state index contributed by atoms with van der Waals surface area (Å²) in [6.45, 7) is 0.522. The van der Waals surface area contributed by atoms with E-state index in [-0.39, 0.29) is 16.8 Å². The zero-order valence-electron chi connectivity index (χ0n) is 11.8. The maximum absolute atomic E-state index is 12.2. The Morgan fingerprint density at radius 2 is 1.59 bits per heavy atom. The molecule has 3 aromatic rings. The summed E-state index contributed by atoms with van der Waals surface area (Å²) in [5, 5.41) is 2.95. The summed E-state index contributed by atoms with van der Waals surface area (Å²) in [6.07, 6.45) is 0.755. The molecule has 0 atom stereocenters. The molecule has 0 aliphatic carbocycles. The van der Waals surface area contributed by atoms with Crippen LogP contribution < -0.4 is 5.32 Å². The molecule has 5 heteroatoms. The minimum absolute atomic E-state index is 0.121. The third kappa shape index (κ3) is 3.23. The Balaban J connectivity index is 1.71. The molecule has 1 aromatic heterocycles. The predicted octanol–water partition coefficient (Wildman–Crippen LogP) is 3.26. The maximum Gasteiger partial charge on any atom is 0.273 e. The van der Waals surface area contributed by atoms with Gasteiger partial charge in [0.1, 0.15) is 0 Å². The molecule has 0 aliphatic rings. The lowest BCUT2D eigenvalue weighted by atomic mass is 10.1. The molecule has 0 aliphatic heterocycles. The average Bonchev–Trinajstić information content (AvgIpc) is 2.55. The number of aromatic nitrogens is 2. The lowest BCUT2D eigenvalue weighted by Crippen LogP contribution is -2.27. The van der Waals surface area contributed by atoms with E-state index in [0.29, 0.717) is 17.6 Å². The Labute approximate surface area is 133 Å². The van der Waals surface area contributed by atoms with Gasteiger partial charge in [0, 0.05) is 6.54 Å². The van der Waals surface area contributed by atoms with Gasteiger partial charge in [-0.2, -0.15) is 0 Å². The number of hydrogen-bond donors (Lipinski definition) is 1. The summed E-state index contributed by atoms with van der Waals surface area (Å²) in [4.78, 5) is 20.7. The van der Waals surface area contributed by atoms with Crippen LogP contribution >= 0.6 is 11.6 Å². The van der Waals surface area contributed by atoms with Crippen LogP contribution in [0.25, 0.3) is 11.0 Å². The van der Waals surface area contributed by atoms with Gasteiger partial charge in [0.25, 0.3) is 5.91 Å². The van der Waals surface area contributed by atoms with Gasteiger partial charge in [-0.15, -0.1) is 0 Å². The zero-order chi connectivity index (χ0) is 15.4. The summed E-state index contributed by atoms with van der Waals surface area (Å²) in [5.41, 5.74) is 2.65. The standard InChI is InChI=1S/C17H14ClN3O/c18-16-15(20-13-8-4-5-9-14(13)21-16)17(22)19-11-10-12-6-2-1-3-7-12/h1-9H,10-11H2,(H,19,22). The fraction of sp³-hybridized carbons (Fsp3) is 0.118. The number of nitrogens with one attached hydrogen (secondary N) is 1. The van der Waals surface area contributed by atoms with Crippen LogP contribution in [-0.4, -0.2) is 22.4 Å². The van der Waals surface area contributed by atoms with Gasteiger partial charge < -0.3 is 5.32 Å². The lowest BCUT2D eigenvalue weighted by molar-refractivity contribution is 0.0949. The number of fused-ring (bicyclic) bond motifs is 1. The summed E-state index contributed by atoms with van der Waals surface area (Å²) in [5.74, 6) is -0.306. The second-order valence-corrected chi connectivity index (χ2v) is 5.20. The summed E-state index contributed by atoms with van der Waals surface area (Å²) in [7, 11) is 0. The van der Waals surface area contributed by atoms with Crippen molar-refractivity contribution in [2.75, 3.05) is 6.54 Å². The van der Waals surface area contributed by atoms with Crippen molar-refractivity contribution < 1.29 is 4.79 Å². The van der Waals surface area contributed by atoms with Gasteiger partial charge >= 0.3 is 0 Å². The van der Waals surface area contributed by atoms with Crippen LogP contribution in [0.5, 0.6) is 0 Å². The molecule has 0 unspecified atom stereocenters. The van der Waals surface area contributed by atoms with Gasteiger partial charge in [0.2, 0.25) is 0 Å². The molecule has 0 radical (unpaired) electrons. The van der Waals surface area contributed by atoms with E-state index in [4.69, 9.17) is 11.6 Å². The van der Waals surface area contributed by atoms with Crippen molar-refractivity contribution in [3.8, 4) is 0 Å². The first-order chi connectivity index (χ1) is 10.7. The zero-order valence-corrected chi connectivity index (χ0v) is 12.5. The highest BCUT2D eigenvalue weighted by molar-refractivity contribution is 6.32. The Morgan fingerprint density at radius 3 is 2.32 bits per heavy atom. The number of carbonyl (C=O) groups is 1. The fourth-order valence-electron chi connectivity index (χ4n) is 2.17. The topological polar surface area (TPSA) is 54.9 Å². The van der Waals surface area contributed by atoms with Crippen molar-refractivity contribution in [3.05, 3.63) is 71.0 Å². The van der Waals surface area contributed by atoms with Crippen molar-refractivity contribution in [1.29, 1.82) is 0 Å². The summed E-state index contributed by atoms with van der Waals surface area (Å²) in [6, 6.07) is 17.3. The molecule has 22 heavy (non-hydrogen) atoms. The predicted molar refractivity (Wildman–Crippen MR) is 87.0 cm³/mol. The van der Waals surface area contributed by atoms with Crippen LogP contribution in [0.1, 0.15) is 16.1 Å². The molecule has 1 amide bonds. The minimum atomic E-state index is -0.306. The second kappa shape index (κ2) is 6.54. The van der Waals surface area contributed by atoms with Crippen LogP contribution in [0.2, 0.25) is 5.15 Å². The van der Waals surface area contributed by atoms with E-state index >= 15 is 0 Å². The monoisotopic (exact) mass is 311 g/mol. The first-order valence-corrected chi connectivity index (χ1v) is 7.36. The number of nitrogens with zero attached hydrogens (tertiary/aromatic N) is 2. The molecular formula is C17H14ClN3O. The average molecular weight is 312 g/mol. The smallest absolute Gasteiger partial charge is 0.273 e. The van der Waals surface area contributed by atoms with Crippen LogP contribution in [-0.2, 0) is 6.42 Å². The van der Waals surface area contributed by atoms with Crippen LogP contribution in [0, 0.1) is 0 Å². The first-order valence-electron chi connectivity index (χ1n) is 6.98. The largest absolute Gasteiger partial charge is 0.350 e. The number of halogens is 1. The Kier molecular flexibility index (Phi) is 4.30. The molecular weight excluding hydrogens is 298 g/mol. The molecule has 0 bridgehead atoms. The van der Waals surface area contributed by atoms with Gasteiger partial charge in [-0.1, -0.05) is 54.1 Å². The Hall–Kier alpha value is -2.46. The van der Waals surface area contributed by atoms with Crippen molar-refractivity contribution in [1.82, 2.24) is 15.3 Å². The van der Waals surface area contributed by atoms with E-state index in [1.165, 1.54) is 5.56 Å². The van der Waals surface area contributed by atoms with Crippen molar-refractivity contribution in [2.24, 2.45) is 0 Å². The quantitative estimate of drug-likeness (QED) is 0.804. The van der Waals surface area contributed by atoms with E-state index in [1.807, 2.05) is 48.5 Å². The third-order valence-corrected chi connectivity index (χ3v) is 3.55. The Bertz CT molecular complexity index is 805. The van der Waals surface area contributed by atoms with E-state index in [1.54, 1.807) is 6.07 Å². The third-order valence-electron chi connectivity index (χ3n) is 3.29. The van der Waals surface area contributed by atoms with Crippen molar-refractivity contribution >= 4 is 28.5 Å². The minimum Gasteiger partial charge on any atom is -0.350 e. The van der Waals surface area contributed by atoms with Gasteiger partial charge in [-0.25, -0.2) is 9.97 Å². The fourth-order valence-corrected chi connectivity index (χ4v) is 2.39. The SMILES string of the molecule is O=C(NCCc1ccccc1)c1nc2ccccc2nc1Cl. The number of hydrogen-bond acceptors (Lipinski definition) is 3. The van der Waals surface area contributed by atoms with Crippen LogP contribution in [0.4, 0.5) is 0 Å². The Morgan fingerprint density at radius 1 is 0.955 bits per heavy atom. The number of benzene rings is 2. The van der Waals surface area contributed by atoms with Crippen LogP contribution in [0.15, 0.2) is 54.6 Å². The molecule has 1 N–H and O–H groups in total. The van der Waals surface area contributed by atoms with Gasteiger partial charge in [0.15, 0.2) is 10.8 Å². The molecule has 110 valence electrons. The first kappa shape index (κ1) is 14.5. The van der Waals surface area contributed by atoms with Gasteiger partial charge in [0.05, 0.1) is 11.0 Å². The molecule has 0 saturated carbocycles. The number of rotatable bonds is 4. The van der Waals surface area contributed by atoms with E-state index in [9.17, 15) is 4.79 Å². The highest BCUT2D eigenvalue weighted by Gasteiger charge is 2.14. The molecule has 1 heterocycles. The normalized spacial score (nSPS) is 10.6. The molecule has 0 fully saturated rings. The van der Waals surface area contributed by atoms with E-state index in [0.717, 1.165) is 6.42 Å². The molecule has 4 nitrogen and oxygen atoms in total. The van der Waals surface area contributed by atoms with E-state index in [2.05, 4.69) is 15.3 Å². The molecule has 3 rings (SSSR count). The van der Waals surface area contributed by atoms with Crippen LogP contribution in [0.3, 0.4) is 0 Å². The molecule has 2 aromatic carbocycles. The highest BCUT2D eigenvalue weighted by atomic mass is 35.5. The summed E-state index contributed by atoms with van der Waals surface area (Å²) >= 11 is 6.06. The maximum atomic E-state index is 12.2. The second-order valence-electron chi connectivity index (χ2n) is 4.84. The number of carbonyl (C=O) groups excluding carboxylic acids is 1.